The van der Waals surface area contributed by atoms with Crippen LogP contribution in [-0.4, -0.2) is 19.2 Å². The summed E-state index contributed by atoms with van der Waals surface area (Å²) in [5, 5.41) is 6.87. The zero-order valence-electron chi connectivity index (χ0n) is 20.6. The van der Waals surface area contributed by atoms with Crippen molar-refractivity contribution >= 4 is 28.6 Å². The highest BCUT2D eigenvalue weighted by atomic mass is 16.7. The van der Waals surface area contributed by atoms with Crippen LogP contribution in [0.4, 0.5) is 16.4 Å². The van der Waals surface area contributed by atoms with Crippen molar-refractivity contribution in [2.45, 2.75) is 52.7 Å². The predicted octanol–water partition coefficient (Wildman–Crippen LogP) is 5.14. The molecule has 184 valence electrons. The molecule has 3 heterocycles. The Kier molecular flexibility index (Phi) is 5.92. The van der Waals surface area contributed by atoms with Crippen molar-refractivity contribution in [1.29, 1.82) is 0 Å². The van der Waals surface area contributed by atoms with E-state index in [0.717, 1.165) is 48.3 Å². The SMILES string of the molecule is Cc1cc(C(C)Nc2ccccc2C2NOC(=O)N2)c2oc(N3CCC(C)(C)CC3)cc(=O)c2c1. The number of hydrogen-bond donors (Lipinski definition) is 3. The number of anilines is 2. The van der Waals surface area contributed by atoms with Crippen LogP contribution < -0.4 is 26.4 Å². The van der Waals surface area contributed by atoms with E-state index < -0.39 is 12.3 Å². The number of hydrogen-bond acceptors (Lipinski definition) is 7. The van der Waals surface area contributed by atoms with E-state index in [1.807, 2.05) is 44.2 Å². The Hall–Kier alpha value is -3.52. The van der Waals surface area contributed by atoms with Crippen LogP contribution in [0.15, 0.2) is 51.7 Å². The molecule has 8 heteroatoms. The predicted molar refractivity (Wildman–Crippen MR) is 136 cm³/mol. The van der Waals surface area contributed by atoms with Crippen LogP contribution in [0.1, 0.15) is 62.5 Å². The average Bonchev–Trinajstić information content (AvgIpc) is 3.25. The Labute approximate surface area is 204 Å². The highest BCUT2D eigenvalue weighted by molar-refractivity contribution is 5.83. The van der Waals surface area contributed by atoms with E-state index in [9.17, 15) is 9.59 Å². The zero-order chi connectivity index (χ0) is 24.7. The number of para-hydroxylation sites is 1. The average molecular weight is 477 g/mol. The number of nitrogens with zero attached hydrogens (tertiary/aromatic N) is 1. The van der Waals surface area contributed by atoms with Gasteiger partial charge in [0.05, 0.1) is 11.4 Å². The Morgan fingerprint density at radius 1 is 1.11 bits per heavy atom. The van der Waals surface area contributed by atoms with Gasteiger partial charge in [0.2, 0.25) is 0 Å². The van der Waals surface area contributed by atoms with Gasteiger partial charge in [-0.1, -0.05) is 38.1 Å². The maximum atomic E-state index is 13.1. The van der Waals surface area contributed by atoms with Crippen LogP contribution in [0.5, 0.6) is 0 Å². The van der Waals surface area contributed by atoms with Crippen molar-refractivity contribution < 1.29 is 14.0 Å². The van der Waals surface area contributed by atoms with E-state index in [2.05, 4.69) is 40.9 Å². The lowest BCUT2D eigenvalue weighted by Crippen LogP contribution is -2.37. The second-order valence-corrected chi connectivity index (χ2v) is 10.4. The maximum Gasteiger partial charge on any atom is 0.427 e. The molecule has 1 amide bonds. The summed E-state index contributed by atoms with van der Waals surface area (Å²) in [5.41, 5.74) is 7.18. The van der Waals surface area contributed by atoms with Gasteiger partial charge in [-0.25, -0.2) is 4.79 Å². The number of benzene rings is 2. The number of rotatable bonds is 5. The van der Waals surface area contributed by atoms with Gasteiger partial charge in [0.25, 0.3) is 0 Å². The monoisotopic (exact) mass is 476 g/mol. The van der Waals surface area contributed by atoms with E-state index in [1.165, 1.54) is 0 Å². The molecule has 0 saturated carbocycles. The molecule has 2 aliphatic rings. The summed E-state index contributed by atoms with van der Waals surface area (Å²) in [6.45, 7) is 10.3. The smallest absolute Gasteiger partial charge is 0.427 e. The zero-order valence-corrected chi connectivity index (χ0v) is 20.6. The third kappa shape index (κ3) is 4.71. The summed E-state index contributed by atoms with van der Waals surface area (Å²) in [7, 11) is 0. The first kappa shape index (κ1) is 23.2. The first-order valence-electron chi connectivity index (χ1n) is 12.1. The van der Waals surface area contributed by atoms with E-state index >= 15 is 0 Å². The molecule has 2 saturated heterocycles. The second-order valence-electron chi connectivity index (χ2n) is 10.4. The molecule has 3 aromatic rings. The second kappa shape index (κ2) is 8.92. The van der Waals surface area contributed by atoms with Crippen LogP contribution >= 0.6 is 0 Å². The fourth-order valence-electron chi connectivity index (χ4n) is 4.85. The minimum atomic E-state index is -0.516. The molecule has 0 radical (unpaired) electrons. The van der Waals surface area contributed by atoms with Crippen molar-refractivity contribution in [2.24, 2.45) is 5.41 Å². The van der Waals surface area contributed by atoms with Crippen LogP contribution in [-0.2, 0) is 4.84 Å². The molecule has 2 atom stereocenters. The molecule has 0 aliphatic carbocycles. The number of amides is 1. The Morgan fingerprint density at radius 3 is 2.57 bits per heavy atom. The number of piperidine rings is 1. The fourth-order valence-corrected chi connectivity index (χ4v) is 4.85. The maximum absolute atomic E-state index is 13.1. The van der Waals surface area contributed by atoms with Crippen LogP contribution in [0.25, 0.3) is 11.0 Å². The molecule has 2 aliphatic heterocycles. The van der Waals surface area contributed by atoms with Gasteiger partial charge in [-0.05, 0) is 49.8 Å². The van der Waals surface area contributed by atoms with Gasteiger partial charge >= 0.3 is 6.09 Å². The van der Waals surface area contributed by atoms with Crippen LogP contribution in [0.2, 0.25) is 0 Å². The Morgan fingerprint density at radius 2 is 1.86 bits per heavy atom. The molecule has 2 aromatic carbocycles. The van der Waals surface area contributed by atoms with Gasteiger partial charge in [-0.2, -0.15) is 0 Å². The van der Waals surface area contributed by atoms with Gasteiger partial charge in [0, 0.05) is 36.0 Å². The Bertz CT molecular complexity index is 1320. The molecule has 2 fully saturated rings. The lowest BCUT2D eigenvalue weighted by atomic mass is 9.83. The lowest BCUT2D eigenvalue weighted by molar-refractivity contribution is 0.122. The molecule has 3 N–H and O–H groups in total. The number of fused-ring (bicyclic) bond motifs is 1. The third-order valence-electron chi connectivity index (χ3n) is 7.06. The molecule has 5 rings (SSSR count). The normalized spacial score (nSPS) is 20.4. The van der Waals surface area contributed by atoms with Gasteiger partial charge in [-0.3, -0.25) is 10.1 Å². The van der Waals surface area contributed by atoms with Crippen molar-refractivity contribution in [3.63, 3.8) is 0 Å². The molecule has 0 spiro atoms. The standard InChI is InChI=1S/C27H32N4O4/c1-16-13-19(17(2)28-21-8-6-5-7-18(21)25-29-26(33)35-30-25)24-20(14-16)22(32)15-23(34-24)31-11-9-27(3,4)10-12-31/h5-8,13-15,17,25,28,30H,9-12H2,1-4H3,(H,29,33). The van der Waals surface area contributed by atoms with Crippen molar-refractivity contribution in [3.8, 4) is 0 Å². The summed E-state index contributed by atoms with van der Waals surface area (Å²) < 4.78 is 6.44. The highest BCUT2D eigenvalue weighted by Crippen LogP contribution is 2.35. The van der Waals surface area contributed by atoms with Gasteiger partial charge in [-0.15, -0.1) is 5.48 Å². The summed E-state index contributed by atoms with van der Waals surface area (Å²) >= 11 is 0. The third-order valence-corrected chi connectivity index (χ3v) is 7.06. The first-order valence-corrected chi connectivity index (χ1v) is 12.1. The highest BCUT2D eigenvalue weighted by Gasteiger charge is 2.28. The number of aryl methyl sites for hydroxylation is 1. The largest absolute Gasteiger partial charge is 0.440 e. The van der Waals surface area contributed by atoms with Gasteiger partial charge in [0.15, 0.2) is 11.3 Å². The van der Waals surface area contributed by atoms with E-state index in [1.54, 1.807) is 6.07 Å². The van der Waals surface area contributed by atoms with Gasteiger partial charge in [0.1, 0.15) is 11.7 Å². The number of hydroxylamine groups is 1. The van der Waals surface area contributed by atoms with Crippen molar-refractivity contribution in [2.75, 3.05) is 23.3 Å². The number of carbonyl (C=O) groups is 1. The van der Waals surface area contributed by atoms with Crippen LogP contribution in [0.3, 0.4) is 0 Å². The topological polar surface area (TPSA) is 95.8 Å². The first-order chi connectivity index (χ1) is 16.7. The summed E-state index contributed by atoms with van der Waals surface area (Å²) in [6.07, 6.45) is 1.14. The molecule has 35 heavy (non-hydrogen) atoms. The summed E-state index contributed by atoms with van der Waals surface area (Å²) in [5.74, 6) is 0.630. The molecular weight excluding hydrogens is 444 g/mol. The fraction of sp³-hybridized carbons (Fsp3) is 0.407. The molecule has 1 aromatic heterocycles. The molecule has 2 unspecified atom stereocenters. The minimum Gasteiger partial charge on any atom is -0.440 e. The van der Waals surface area contributed by atoms with Crippen LogP contribution in [0, 0.1) is 12.3 Å². The summed E-state index contributed by atoms with van der Waals surface area (Å²) in [6, 6.07) is 13.1. The van der Waals surface area contributed by atoms with E-state index in [0.29, 0.717) is 22.3 Å². The molecule has 0 bridgehead atoms. The van der Waals surface area contributed by atoms with E-state index in [4.69, 9.17) is 9.25 Å². The number of nitrogens with one attached hydrogen (secondary N) is 3. The lowest BCUT2D eigenvalue weighted by Gasteiger charge is -2.37. The number of carbonyl (C=O) groups excluding carboxylic acids is 1. The quantitative estimate of drug-likeness (QED) is 0.469. The molecular formula is C27H32N4O4. The molecule has 8 nitrogen and oxygen atoms in total. The van der Waals surface area contributed by atoms with Crippen molar-refractivity contribution in [3.05, 3.63) is 69.4 Å². The van der Waals surface area contributed by atoms with Gasteiger partial charge < -0.3 is 19.5 Å². The van der Waals surface area contributed by atoms with E-state index in [-0.39, 0.29) is 11.5 Å². The Balaban J connectivity index is 1.50. The minimum absolute atomic E-state index is 0.0290. The summed E-state index contributed by atoms with van der Waals surface area (Å²) in [4.78, 5) is 31.7. The van der Waals surface area contributed by atoms with Crippen molar-refractivity contribution in [1.82, 2.24) is 10.8 Å².